The third-order valence-electron chi connectivity index (χ3n) is 4.79. The Hall–Kier alpha value is -0.730. The Kier molecular flexibility index (Phi) is 6.38. The molecule has 1 nitrogen and oxygen atoms in total. The lowest BCUT2D eigenvalue weighted by Crippen LogP contribution is -2.38. The highest BCUT2D eigenvalue weighted by Crippen LogP contribution is 2.41. The zero-order chi connectivity index (χ0) is 15.1. The fraction of sp³-hybridized carbons (Fsp3) is 0.579. The number of hydrogen-bond donors (Lipinski definition) is 1. The van der Waals surface area contributed by atoms with Crippen LogP contribution in [0.5, 0.6) is 0 Å². The van der Waals surface area contributed by atoms with E-state index in [4.69, 9.17) is 0 Å². The fourth-order valence-electron chi connectivity index (χ4n) is 3.51. The highest BCUT2D eigenvalue weighted by molar-refractivity contribution is 7.96. The number of rotatable bonds is 7. The maximum absolute atomic E-state index is 11.5. The lowest BCUT2D eigenvalue weighted by molar-refractivity contribution is -0.0412. The summed E-state index contributed by atoms with van der Waals surface area (Å²) in [6.45, 7) is 3.84. The quantitative estimate of drug-likeness (QED) is 0.589. The molecule has 2 heteroatoms. The van der Waals surface area contributed by atoms with E-state index in [-0.39, 0.29) is 0 Å². The van der Waals surface area contributed by atoms with Gasteiger partial charge in [0.1, 0.15) is 11.5 Å². The third kappa shape index (κ3) is 4.37. The van der Waals surface area contributed by atoms with Gasteiger partial charge in [-0.15, -0.1) is 0 Å². The van der Waals surface area contributed by atoms with Gasteiger partial charge < -0.3 is 5.11 Å². The molecule has 1 aliphatic carbocycles. The standard InChI is InChI=1S/C19H29OS/c1-3-15-21(2)16-14-19(20,17-10-6-4-7-11-17)18-12-8-5-9-13-18/h3-4,6-7,10-11,18,20H,1,5,8-9,12-16H2,2H3/q+1. The van der Waals surface area contributed by atoms with Gasteiger partial charge >= 0.3 is 0 Å². The van der Waals surface area contributed by atoms with E-state index in [2.05, 4.69) is 37.1 Å². The maximum Gasteiger partial charge on any atom is 0.125 e. The average Bonchev–Trinajstić information content (AvgIpc) is 2.54. The van der Waals surface area contributed by atoms with Gasteiger partial charge in [-0.3, -0.25) is 0 Å². The zero-order valence-corrected chi connectivity index (χ0v) is 14.1. The minimum Gasteiger partial charge on any atom is -0.385 e. The minimum absolute atomic E-state index is 0.327. The molecule has 0 radical (unpaired) electrons. The van der Waals surface area contributed by atoms with Crippen LogP contribution < -0.4 is 0 Å². The Bertz CT molecular complexity index is 424. The van der Waals surface area contributed by atoms with E-state index in [1.54, 1.807) is 0 Å². The SMILES string of the molecule is C=CC[S+](C)CCC(O)(c1ccccc1)C1CCCCC1. The Morgan fingerprint density at radius 1 is 1.24 bits per heavy atom. The molecule has 2 unspecified atom stereocenters. The third-order valence-corrected chi connectivity index (χ3v) is 6.49. The molecule has 0 amide bonds. The van der Waals surface area contributed by atoms with Gasteiger partial charge in [0.25, 0.3) is 0 Å². The first-order chi connectivity index (χ1) is 10.2. The van der Waals surface area contributed by atoms with Crippen LogP contribution in [0.4, 0.5) is 0 Å². The molecule has 1 saturated carbocycles. The molecule has 0 heterocycles. The summed E-state index contributed by atoms with van der Waals surface area (Å²) in [5.74, 6) is 2.58. The van der Waals surface area contributed by atoms with Crippen LogP contribution in [0.2, 0.25) is 0 Å². The second-order valence-corrected chi connectivity index (χ2v) is 8.62. The van der Waals surface area contributed by atoms with Crippen LogP contribution in [-0.4, -0.2) is 22.9 Å². The number of hydrogen-bond acceptors (Lipinski definition) is 1. The molecular formula is C19H29OS+. The van der Waals surface area contributed by atoms with Crippen LogP contribution in [0.1, 0.15) is 44.1 Å². The van der Waals surface area contributed by atoms with E-state index in [9.17, 15) is 5.11 Å². The zero-order valence-electron chi connectivity index (χ0n) is 13.3. The molecule has 2 atom stereocenters. The molecule has 1 aromatic carbocycles. The van der Waals surface area contributed by atoms with Crippen molar-refractivity contribution in [1.82, 2.24) is 0 Å². The van der Waals surface area contributed by atoms with Gasteiger partial charge in [-0.1, -0.05) is 56.2 Å². The fourth-order valence-corrected chi connectivity index (χ4v) is 4.73. The lowest BCUT2D eigenvalue weighted by atomic mass is 9.72. The molecule has 21 heavy (non-hydrogen) atoms. The summed E-state index contributed by atoms with van der Waals surface area (Å²) in [6.07, 6.45) is 11.4. The summed E-state index contributed by atoms with van der Waals surface area (Å²) in [5.41, 5.74) is 0.483. The molecule has 2 rings (SSSR count). The van der Waals surface area contributed by atoms with Crippen molar-refractivity contribution >= 4 is 10.9 Å². The first kappa shape index (κ1) is 16.6. The number of aliphatic hydroxyl groups is 1. The molecule has 0 spiro atoms. The van der Waals surface area contributed by atoms with Gasteiger partial charge in [0.2, 0.25) is 0 Å². The molecule has 1 aromatic rings. The van der Waals surface area contributed by atoms with E-state index >= 15 is 0 Å². The Morgan fingerprint density at radius 3 is 2.52 bits per heavy atom. The van der Waals surface area contributed by atoms with Crippen molar-refractivity contribution in [3.8, 4) is 0 Å². The Labute approximate surface area is 132 Å². The molecule has 0 bridgehead atoms. The van der Waals surface area contributed by atoms with Crippen molar-refractivity contribution in [1.29, 1.82) is 0 Å². The van der Waals surface area contributed by atoms with Gasteiger partial charge in [-0.25, -0.2) is 0 Å². The van der Waals surface area contributed by atoms with Crippen LogP contribution in [0.15, 0.2) is 43.0 Å². The van der Waals surface area contributed by atoms with E-state index in [0.29, 0.717) is 16.8 Å². The van der Waals surface area contributed by atoms with E-state index in [0.717, 1.165) is 23.5 Å². The number of benzene rings is 1. The first-order valence-electron chi connectivity index (χ1n) is 8.15. The monoisotopic (exact) mass is 305 g/mol. The molecule has 0 aromatic heterocycles. The molecule has 1 aliphatic rings. The van der Waals surface area contributed by atoms with Crippen molar-refractivity contribution in [2.75, 3.05) is 17.8 Å². The maximum atomic E-state index is 11.5. The van der Waals surface area contributed by atoms with Crippen molar-refractivity contribution < 1.29 is 5.11 Å². The highest BCUT2D eigenvalue weighted by atomic mass is 32.2. The minimum atomic E-state index is -0.635. The Morgan fingerprint density at radius 2 is 1.90 bits per heavy atom. The predicted octanol–water partition coefficient (Wildman–Crippen LogP) is 4.28. The van der Waals surface area contributed by atoms with Crippen molar-refractivity contribution in [2.45, 2.75) is 44.1 Å². The molecular weight excluding hydrogens is 276 g/mol. The van der Waals surface area contributed by atoms with Crippen molar-refractivity contribution in [3.63, 3.8) is 0 Å². The lowest BCUT2D eigenvalue weighted by Gasteiger charge is -2.38. The summed E-state index contributed by atoms with van der Waals surface area (Å²) < 4.78 is 0. The summed E-state index contributed by atoms with van der Waals surface area (Å²) in [5, 5.41) is 11.5. The van der Waals surface area contributed by atoms with Gasteiger partial charge in [-0.2, -0.15) is 0 Å². The van der Waals surface area contributed by atoms with E-state index < -0.39 is 5.60 Å². The highest BCUT2D eigenvalue weighted by Gasteiger charge is 2.39. The molecule has 0 aliphatic heterocycles. The topological polar surface area (TPSA) is 20.2 Å². The van der Waals surface area contributed by atoms with Gasteiger partial charge in [0.05, 0.1) is 11.9 Å². The second kappa shape index (κ2) is 8.05. The smallest absolute Gasteiger partial charge is 0.125 e. The largest absolute Gasteiger partial charge is 0.385 e. The van der Waals surface area contributed by atoms with Crippen molar-refractivity contribution in [2.24, 2.45) is 5.92 Å². The second-order valence-electron chi connectivity index (χ2n) is 6.32. The van der Waals surface area contributed by atoms with E-state index in [1.165, 1.54) is 32.1 Å². The van der Waals surface area contributed by atoms with Crippen LogP contribution >= 0.6 is 0 Å². The van der Waals surface area contributed by atoms with Gasteiger partial charge in [0, 0.05) is 6.42 Å². The summed E-state index contributed by atoms with van der Waals surface area (Å²) >= 11 is 0. The summed E-state index contributed by atoms with van der Waals surface area (Å²) in [4.78, 5) is 0. The summed E-state index contributed by atoms with van der Waals surface area (Å²) in [7, 11) is 0.327. The van der Waals surface area contributed by atoms with Crippen LogP contribution in [0.25, 0.3) is 0 Å². The predicted molar refractivity (Wildman–Crippen MR) is 94.8 cm³/mol. The average molecular weight is 306 g/mol. The van der Waals surface area contributed by atoms with Gasteiger partial charge in [-0.05, 0) is 41.3 Å². The first-order valence-corrected chi connectivity index (χ1v) is 10.1. The van der Waals surface area contributed by atoms with E-state index in [1.807, 2.05) is 12.1 Å². The normalized spacial score (nSPS) is 20.7. The van der Waals surface area contributed by atoms with Crippen LogP contribution in [0, 0.1) is 5.92 Å². The molecule has 1 N–H and O–H groups in total. The molecule has 1 fully saturated rings. The van der Waals surface area contributed by atoms with Crippen LogP contribution in [0.3, 0.4) is 0 Å². The molecule has 0 saturated heterocycles. The Balaban J connectivity index is 2.15. The van der Waals surface area contributed by atoms with Gasteiger partial charge in [0.15, 0.2) is 0 Å². The van der Waals surface area contributed by atoms with Crippen LogP contribution in [-0.2, 0) is 16.5 Å². The molecule has 116 valence electrons. The summed E-state index contributed by atoms with van der Waals surface area (Å²) in [6, 6.07) is 10.4. The van der Waals surface area contributed by atoms with Crippen molar-refractivity contribution in [3.05, 3.63) is 48.6 Å².